The highest BCUT2D eigenvalue weighted by molar-refractivity contribution is 6.24. The van der Waals surface area contributed by atoms with Gasteiger partial charge in [-0.3, -0.25) is 0 Å². The Morgan fingerprint density at radius 1 is 0.588 bits per heavy atom. The largest absolute Gasteiger partial charge is 0.461 e. The topological polar surface area (TPSA) is 59.1 Å². The Kier molecular flexibility index (Phi) is 9.42. The summed E-state index contributed by atoms with van der Waals surface area (Å²) in [7, 11) is 0. The van der Waals surface area contributed by atoms with Gasteiger partial charge >= 0.3 is 11.9 Å². The summed E-state index contributed by atoms with van der Waals surface area (Å²) in [5.74, 6) is -0.748. The second-order valence-electron chi connectivity index (χ2n) is 8.17. The Bertz CT molecular complexity index is 975. The molecule has 3 aromatic carbocycles. The minimum Gasteiger partial charge on any atom is -0.461 e. The summed E-state index contributed by atoms with van der Waals surface area (Å²) >= 11 is 0. The van der Waals surface area contributed by atoms with Gasteiger partial charge in [0.15, 0.2) is 0 Å². The van der Waals surface area contributed by atoms with Crippen LogP contribution in [0.25, 0.3) is 21.5 Å². The first-order chi connectivity index (χ1) is 16.5. The predicted octanol–water partition coefficient (Wildman–Crippen LogP) is 4.99. The van der Waals surface area contributed by atoms with Crippen LogP contribution in [0.1, 0.15) is 48.4 Å². The molecule has 6 heteroatoms. The Morgan fingerprint density at radius 3 is 1.15 bits per heavy atom. The molecule has 182 valence electrons. The minimum absolute atomic E-state index is 0.318. The molecule has 0 fully saturated rings. The van der Waals surface area contributed by atoms with E-state index in [0.29, 0.717) is 59.0 Å². The van der Waals surface area contributed by atoms with Crippen LogP contribution in [0.2, 0.25) is 0 Å². The molecular formula is C28H36N2O4. The van der Waals surface area contributed by atoms with E-state index in [1.54, 1.807) is 0 Å². The molecule has 3 aromatic rings. The molecular weight excluding hydrogens is 428 g/mol. The number of hydrogen-bond donors (Lipinski definition) is 0. The maximum Gasteiger partial charge on any atom is 0.339 e. The molecule has 0 spiro atoms. The third-order valence-electron chi connectivity index (χ3n) is 6.41. The van der Waals surface area contributed by atoms with E-state index >= 15 is 0 Å². The lowest BCUT2D eigenvalue weighted by Crippen LogP contribution is -2.28. The van der Waals surface area contributed by atoms with Crippen LogP contribution >= 0.6 is 0 Å². The van der Waals surface area contributed by atoms with Crippen molar-refractivity contribution < 1.29 is 19.1 Å². The Hall–Kier alpha value is -2.96. The Labute approximate surface area is 202 Å². The van der Waals surface area contributed by atoms with Gasteiger partial charge in [-0.15, -0.1) is 0 Å². The number of hydrogen-bond acceptors (Lipinski definition) is 6. The SMILES string of the molecule is CCN(CC)CCOC(=O)c1c2ccccc2c(C(=O)OCCN(CC)CC)c2ccccc12. The van der Waals surface area contributed by atoms with E-state index in [9.17, 15) is 9.59 Å². The van der Waals surface area contributed by atoms with Gasteiger partial charge in [0.25, 0.3) is 0 Å². The molecule has 6 nitrogen and oxygen atoms in total. The standard InChI is InChI=1S/C28H36N2O4/c1-5-29(6-2)17-19-33-27(31)25-21-13-9-11-15-23(21)26(24-16-12-10-14-22(24)25)28(32)34-20-18-30(7-3)8-4/h9-16H,5-8,17-20H2,1-4H3. The van der Waals surface area contributed by atoms with Crippen molar-refractivity contribution in [2.45, 2.75) is 27.7 Å². The van der Waals surface area contributed by atoms with Crippen LogP contribution in [-0.4, -0.2) is 74.2 Å². The van der Waals surface area contributed by atoms with Crippen molar-refractivity contribution in [3.63, 3.8) is 0 Å². The number of rotatable bonds is 12. The molecule has 0 radical (unpaired) electrons. The molecule has 0 N–H and O–H groups in total. The third-order valence-corrected chi connectivity index (χ3v) is 6.41. The highest BCUT2D eigenvalue weighted by Crippen LogP contribution is 2.34. The zero-order chi connectivity index (χ0) is 24.5. The fraction of sp³-hybridized carbons (Fsp3) is 0.429. The van der Waals surface area contributed by atoms with Crippen molar-refractivity contribution >= 4 is 33.5 Å². The van der Waals surface area contributed by atoms with Crippen molar-refractivity contribution in [2.24, 2.45) is 0 Å². The number of nitrogens with zero attached hydrogens (tertiary/aromatic N) is 2. The highest BCUT2D eigenvalue weighted by atomic mass is 16.5. The van der Waals surface area contributed by atoms with E-state index < -0.39 is 0 Å². The number of likely N-dealkylation sites (N-methyl/N-ethyl adjacent to an activating group) is 2. The molecule has 0 saturated heterocycles. The first-order valence-electron chi connectivity index (χ1n) is 12.3. The lowest BCUT2D eigenvalue weighted by molar-refractivity contribution is 0.0459. The van der Waals surface area contributed by atoms with Gasteiger partial charge in [-0.2, -0.15) is 0 Å². The fourth-order valence-corrected chi connectivity index (χ4v) is 4.33. The number of esters is 2. The van der Waals surface area contributed by atoms with Crippen molar-refractivity contribution in [1.29, 1.82) is 0 Å². The molecule has 0 aliphatic heterocycles. The Morgan fingerprint density at radius 2 is 0.882 bits per heavy atom. The number of ether oxygens (including phenoxy) is 2. The summed E-state index contributed by atoms with van der Waals surface area (Å²) < 4.78 is 11.4. The molecule has 0 amide bonds. The van der Waals surface area contributed by atoms with E-state index in [2.05, 4.69) is 37.5 Å². The van der Waals surface area contributed by atoms with Gasteiger partial charge in [-0.1, -0.05) is 76.2 Å². The first-order valence-corrected chi connectivity index (χ1v) is 12.3. The molecule has 0 saturated carbocycles. The van der Waals surface area contributed by atoms with Crippen molar-refractivity contribution in [2.75, 3.05) is 52.5 Å². The summed E-state index contributed by atoms with van der Waals surface area (Å²) in [4.78, 5) is 30.9. The second kappa shape index (κ2) is 12.5. The van der Waals surface area contributed by atoms with Gasteiger partial charge in [0, 0.05) is 13.1 Å². The summed E-state index contributed by atoms with van der Waals surface area (Å²) in [5, 5.41) is 2.80. The first kappa shape index (κ1) is 25.7. The van der Waals surface area contributed by atoms with Crippen LogP contribution in [0, 0.1) is 0 Å². The van der Waals surface area contributed by atoms with Gasteiger partial charge in [-0.05, 0) is 47.7 Å². The number of benzene rings is 3. The maximum atomic E-state index is 13.3. The van der Waals surface area contributed by atoms with Crippen LogP contribution in [0.15, 0.2) is 48.5 Å². The fourth-order valence-electron chi connectivity index (χ4n) is 4.33. The second-order valence-corrected chi connectivity index (χ2v) is 8.17. The van der Waals surface area contributed by atoms with Crippen molar-refractivity contribution in [3.05, 3.63) is 59.7 Å². The average molecular weight is 465 g/mol. The number of fused-ring (bicyclic) bond motifs is 2. The molecule has 3 rings (SSSR count). The van der Waals surface area contributed by atoms with Crippen molar-refractivity contribution in [3.8, 4) is 0 Å². The summed E-state index contributed by atoms with van der Waals surface area (Å²) in [6, 6.07) is 15.0. The monoisotopic (exact) mass is 464 g/mol. The molecule has 0 atom stereocenters. The van der Waals surface area contributed by atoms with Gasteiger partial charge in [0.1, 0.15) is 13.2 Å². The molecule has 0 aliphatic carbocycles. The molecule has 34 heavy (non-hydrogen) atoms. The van der Waals surface area contributed by atoms with E-state index in [1.165, 1.54) is 0 Å². The normalized spacial score (nSPS) is 11.5. The summed E-state index contributed by atoms with van der Waals surface area (Å²) in [6.07, 6.45) is 0. The number of carbonyl (C=O) groups excluding carboxylic acids is 2. The average Bonchev–Trinajstić information content (AvgIpc) is 2.87. The summed E-state index contributed by atoms with van der Waals surface area (Å²) in [5.41, 5.74) is 0.982. The summed E-state index contributed by atoms with van der Waals surface area (Å²) in [6.45, 7) is 14.0. The van der Waals surface area contributed by atoms with E-state index in [0.717, 1.165) is 26.2 Å². The third kappa shape index (κ3) is 5.75. The predicted molar refractivity (Wildman–Crippen MR) is 138 cm³/mol. The van der Waals surface area contributed by atoms with E-state index in [4.69, 9.17) is 9.47 Å². The quantitative estimate of drug-likeness (QED) is 0.278. The van der Waals surface area contributed by atoms with E-state index in [-0.39, 0.29) is 11.9 Å². The van der Waals surface area contributed by atoms with Gasteiger partial charge in [0.2, 0.25) is 0 Å². The highest BCUT2D eigenvalue weighted by Gasteiger charge is 2.23. The van der Waals surface area contributed by atoms with Gasteiger partial charge in [0.05, 0.1) is 11.1 Å². The zero-order valence-electron chi connectivity index (χ0n) is 20.8. The maximum absolute atomic E-state index is 13.3. The smallest absolute Gasteiger partial charge is 0.339 e. The number of carbonyl (C=O) groups is 2. The molecule has 0 heterocycles. The molecule has 0 unspecified atom stereocenters. The van der Waals surface area contributed by atoms with Crippen LogP contribution in [0.3, 0.4) is 0 Å². The lowest BCUT2D eigenvalue weighted by Gasteiger charge is -2.19. The van der Waals surface area contributed by atoms with Crippen LogP contribution in [0.4, 0.5) is 0 Å². The minimum atomic E-state index is -0.374. The van der Waals surface area contributed by atoms with Crippen molar-refractivity contribution in [1.82, 2.24) is 9.80 Å². The van der Waals surface area contributed by atoms with Crippen LogP contribution in [-0.2, 0) is 9.47 Å². The Balaban J connectivity index is 1.98. The lowest BCUT2D eigenvalue weighted by atomic mass is 9.91. The van der Waals surface area contributed by atoms with Gasteiger partial charge in [-0.25, -0.2) is 9.59 Å². The van der Waals surface area contributed by atoms with Crippen LogP contribution in [0.5, 0.6) is 0 Å². The van der Waals surface area contributed by atoms with E-state index in [1.807, 2.05) is 48.5 Å². The van der Waals surface area contributed by atoms with Crippen LogP contribution < -0.4 is 0 Å². The molecule has 0 aromatic heterocycles. The zero-order valence-corrected chi connectivity index (χ0v) is 20.8. The van der Waals surface area contributed by atoms with Gasteiger partial charge < -0.3 is 19.3 Å². The molecule has 0 aliphatic rings. The molecule has 0 bridgehead atoms.